The van der Waals surface area contributed by atoms with E-state index in [0.29, 0.717) is 5.92 Å². The van der Waals surface area contributed by atoms with Crippen molar-refractivity contribution in [1.29, 1.82) is 0 Å². The van der Waals surface area contributed by atoms with Gasteiger partial charge in [-0.05, 0) is 58.0 Å². The van der Waals surface area contributed by atoms with E-state index in [4.69, 9.17) is 9.41 Å². The fraction of sp³-hybridized carbons (Fsp3) is 0.783. The number of nitrogens with zero attached hydrogens (tertiary/aromatic N) is 4. The molecule has 3 rings (SSSR count). The second-order valence-electron chi connectivity index (χ2n) is 8.94. The molecule has 0 amide bonds. The maximum Gasteiger partial charge on any atom is 0.191 e. The highest BCUT2D eigenvalue weighted by Gasteiger charge is 2.24. The lowest BCUT2D eigenvalue weighted by Gasteiger charge is -2.34. The van der Waals surface area contributed by atoms with Crippen LogP contribution in [-0.4, -0.2) is 93.2 Å². The summed E-state index contributed by atoms with van der Waals surface area (Å²) in [5, 5.41) is 7.01. The van der Waals surface area contributed by atoms with Gasteiger partial charge in [0.2, 0.25) is 0 Å². The smallest absolute Gasteiger partial charge is 0.191 e. The predicted molar refractivity (Wildman–Crippen MR) is 124 cm³/mol. The van der Waals surface area contributed by atoms with Crippen molar-refractivity contribution in [3.05, 3.63) is 24.2 Å². The molecule has 2 unspecified atom stereocenters. The Labute approximate surface area is 182 Å². The van der Waals surface area contributed by atoms with Crippen molar-refractivity contribution >= 4 is 5.96 Å². The van der Waals surface area contributed by atoms with Gasteiger partial charge in [-0.2, -0.15) is 0 Å². The quantitative estimate of drug-likeness (QED) is 0.474. The lowest BCUT2D eigenvalue weighted by molar-refractivity contribution is 0.140. The first-order chi connectivity index (χ1) is 14.7. The van der Waals surface area contributed by atoms with E-state index in [-0.39, 0.29) is 6.04 Å². The minimum atomic E-state index is 0.256. The summed E-state index contributed by atoms with van der Waals surface area (Å²) in [6.45, 7) is 15.1. The number of rotatable bonds is 9. The van der Waals surface area contributed by atoms with E-state index in [1.807, 2.05) is 6.07 Å². The number of likely N-dealkylation sites (N-methyl/N-ethyl adjacent to an activating group) is 1. The van der Waals surface area contributed by atoms with Crippen molar-refractivity contribution < 1.29 is 4.42 Å². The Kier molecular flexibility index (Phi) is 9.49. The molecule has 1 aromatic rings. The van der Waals surface area contributed by atoms with Gasteiger partial charge in [-0.15, -0.1) is 0 Å². The SMILES string of the molecule is CCNC(=NCC(C)CN1CCN(C)CC1)NCC(c1ccco1)N1CCCCC1. The Hall–Kier alpha value is -1.57. The van der Waals surface area contributed by atoms with Gasteiger partial charge in [-0.3, -0.25) is 9.89 Å². The van der Waals surface area contributed by atoms with Gasteiger partial charge >= 0.3 is 0 Å². The minimum absolute atomic E-state index is 0.256. The molecule has 2 atom stereocenters. The number of piperazine rings is 1. The number of aliphatic imine (C=N–C) groups is 1. The summed E-state index contributed by atoms with van der Waals surface area (Å²) in [4.78, 5) is 12.4. The Morgan fingerprint density at radius 2 is 1.87 bits per heavy atom. The molecule has 2 aliphatic heterocycles. The minimum Gasteiger partial charge on any atom is -0.468 e. The highest BCUT2D eigenvalue weighted by atomic mass is 16.3. The predicted octanol–water partition coefficient (Wildman–Crippen LogP) is 2.25. The van der Waals surface area contributed by atoms with Crippen LogP contribution in [0.25, 0.3) is 0 Å². The van der Waals surface area contributed by atoms with Crippen molar-refractivity contribution in [2.24, 2.45) is 10.9 Å². The number of likely N-dealkylation sites (tertiary alicyclic amines) is 1. The summed E-state index contributed by atoms with van der Waals surface area (Å²) < 4.78 is 5.78. The lowest BCUT2D eigenvalue weighted by Crippen LogP contribution is -2.46. The van der Waals surface area contributed by atoms with Crippen LogP contribution in [0.5, 0.6) is 0 Å². The molecule has 0 aliphatic carbocycles. The second kappa shape index (κ2) is 12.3. The van der Waals surface area contributed by atoms with E-state index < -0.39 is 0 Å². The molecule has 0 aromatic carbocycles. The first kappa shape index (κ1) is 23.1. The summed E-state index contributed by atoms with van der Waals surface area (Å²) in [6.07, 6.45) is 5.67. The monoisotopic (exact) mass is 418 g/mol. The van der Waals surface area contributed by atoms with Crippen molar-refractivity contribution in [1.82, 2.24) is 25.3 Å². The number of nitrogens with one attached hydrogen (secondary N) is 2. The standard InChI is InChI=1S/C23H42N6O/c1-4-24-23(25-17-20(2)19-28-14-12-27(3)13-15-28)26-18-21(22-9-8-16-30-22)29-10-6-5-7-11-29/h8-9,16,20-21H,4-7,10-15,17-19H2,1-3H3,(H2,24,25,26). The van der Waals surface area contributed by atoms with Gasteiger partial charge in [0, 0.05) is 52.4 Å². The van der Waals surface area contributed by atoms with Gasteiger partial charge in [0.25, 0.3) is 0 Å². The summed E-state index contributed by atoms with van der Waals surface area (Å²) >= 11 is 0. The first-order valence-corrected chi connectivity index (χ1v) is 11.9. The van der Waals surface area contributed by atoms with Crippen LogP contribution in [0.1, 0.15) is 44.9 Å². The van der Waals surface area contributed by atoms with E-state index in [1.165, 1.54) is 45.4 Å². The van der Waals surface area contributed by atoms with Crippen LogP contribution in [0.4, 0.5) is 0 Å². The second-order valence-corrected chi connectivity index (χ2v) is 8.94. The fourth-order valence-electron chi connectivity index (χ4n) is 4.43. The molecule has 0 bridgehead atoms. The van der Waals surface area contributed by atoms with Gasteiger partial charge in [-0.1, -0.05) is 13.3 Å². The van der Waals surface area contributed by atoms with E-state index in [1.54, 1.807) is 6.26 Å². The third-order valence-electron chi connectivity index (χ3n) is 6.24. The van der Waals surface area contributed by atoms with Crippen molar-refractivity contribution in [3.8, 4) is 0 Å². The topological polar surface area (TPSA) is 59.3 Å². The highest BCUT2D eigenvalue weighted by molar-refractivity contribution is 5.79. The molecular weight excluding hydrogens is 376 g/mol. The molecule has 7 heteroatoms. The summed E-state index contributed by atoms with van der Waals surface area (Å²) in [5.41, 5.74) is 0. The Bertz CT molecular complexity index is 605. The number of furan rings is 1. The maximum absolute atomic E-state index is 5.78. The molecule has 3 heterocycles. The van der Waals surface area contributed by atoms with E-state index >= 15 is 0 Å². The molecule has 0 spiro atoms. The first-order valence-electron chi connectivity index (χ1n) is 11.9. The van der Waals surface area contributed by atoms with E-state index in [0.717, 1.165) is 51.0 Å². The molecule has 30 heavy (non-hydrogen) atoms. The third-order valence-corrected chi connectivity index (χ3v) is 6.24. The van der Waals surface area contributed by atoms with Crippen LogP contribution in [0.3, 0.4) is 0 Å². The van der Waals surface area contributed by atoms with Crippen LogP contribution in [0.15, 0.2) is 27.8 Å². The van der Waals surface area contributed by atoms with Crippen LogP contribution in [0.2, 0.25) is 0 Å². The zero-order valence-corrected chi connectivity index (χ0v) is 19.3. The molecule has 0 radical (unpaired) electrons. The molecule has 2 fully saturated rings. The Morgan fingerprint density at radius 3 is 2.53 bits per heavy atom. The fourth-order valence-corrected chi connectivity index (χ4v) is 4.43. The highest BCUT2D eigenvalue weighted by Crippen LogP contribution is 2.24. The summed E-state index contributed by atoms with van der Waals surface area (Å²) in [7, 11) is 2.21. The largest absolute Gasteiger partial charge is 0.468 e. The van der Waals surface area contributed by atoms with Gasteiger partial charge < -0.3 is 24.9 Å². The van der Waals surface area contributed by atoms with Gasteiger partial charge in [0.15, 0.2) is 5.96 Å². The number of guanidine groups is 1. The molecule has 2 aliphatic rings. The molecular formula is C23H42N6O. The molecule has 0 saturated carbocycles. The van der Waals surface area contributed by atoms with Gasteiger partial charge in [0.05, 0.1) is 12.3 Å². The number of hydrogen-bond acceptors (Lipinski definition) is 5. The Balaban J connectivity index is 1.52. The number of hydrogen-bond donors (Lipinski definition) is 2. The molecule has 2 N–H and O–H groups in total. The maximum atomic E-state index is 5.78. The summed E-state index contributed by atoms with van der Waals surface area (Å²) in [5.74, 6) is 2.51. The average Bonchev–Trinajstić information content (AvgIpc) is 3.29. The molecule has 2 saturated heterocycles. The molecule has 1 aromatic heterocycles. The third kappa shape index (κ3) is 7.29. The number of piperidine rings is 1. The van der Waals surface area contributed by atoms with Crippen molar-refractivity contribution in [3.63, 3.8) is 0 Å². The lowest BCUT2D eigenvalue weighted by atomic mass is 10.1. The van der Waals surface area contributed by atoms with Crippen LogP contribution < -0.4 is 10.6 Å². The van der Waals surface area contributed by atoms with E-state index in [9.17, 15) is 0 Å². The Morgan fingerprint density at radius 1 is 1.10 bits per heavy atom. The van der Waals surface area contributed by atoms with Crippen molar-refractivity contribution in [2.45, 2.75) is 39.2 Å². The summed E-state index contributed by atoms with van der Waals surface area (Å²) in [6, 6.07) is 4.35. The van der Waals surface area contributed by atoms with Crippen molar-refractivity contribution in [2.75, 3.05) is 72.5 Å². The molecule has 7 nitrogen and oxygen atoms in total. The van der Waals surface area contributed by atoms with Gasteiger partial charge in [-0.25, -0.2) is 0 Å². The van der Waals surface area contributed by atoms with Gasteiger partial charge in [0.1, 0.15) is 5.76 Å². The average molecular weight is 419 g/mol. The molecule has 170 valence electrons. The normalized spacial score (nSPS) is 22.0. The van der Waals surface area contributed by atoms with Crippen LogP contribution in [-0.2, 0) is 0 Å². The zero-order chi connectivity index (χ0) is 21.2. The van der Waals surface area contributed by atoms with Crippen LogP contribution >= 0.6 is 0 Å². The zero-order valence-electron chi connectivity index (χ0n) is 19.3. The van der Waals surface area contributed by atoms with Crippen LogP contribution in [0, 0.1) is 5.92 Å². The van der Waals surface area contributed by atoms with E-state index in [2.05, 4.69) is 52.3 Å².